The smallest absolute Gasteiger partial charge is 0.0169 e. The predicted molar refractivity (Wildman–Crippen MR) is 168 cm³/mol. The highest BCUT2D eigenvalue weighted by molar-refractivity contribution is 4.97. The lowest BCUT2D eigenvalue weighted by atomic mass is 10.0. The van der Waals surface area contributed by atoms with Gasteiger partial charge < -0.3 is 0 Å². The number of hydrogen-bond donors (Lipinski definition) is 0. The van der Waals surface area contributed by atoms with E-state index >= 15 is 0 Å². The summed E-state index contributed by atoms with van der Waals surface area (Å²) in [5.74, 6) is 0. The summed E-state index contributed by atoms with van der Waals surface area (Å²) in [6.45, 7) is 4.45. The molecule has 0 saturated carbocycles. The van der Waals surface area contributed by atoms with E-state index in [0.29, 0.717) is 0 Å². The van der Waals surface area contributed by atoms with Crippen LogP contribution in [0.1, 0.15) is 168 Å². The van der Waals surface area contributed by atoms with Crippen LogP contribution in [0.3, 0.4) is 0 Å². The highest BCUT2D eigenvalue weighted by atomic mass is 14.0. The Kier molecular flexibility index (Phi) is 32.5. The van der Waals surface area contributed by atoms with Gasteiger partial charge >= 0.3 is 0 Å². The van der Waals surface area contributed by atoms with Crippen LogP contribution >= 0.6 is 0 Å². The van der Waals surface area contributed by atoms with Crippen molar-refractivity contribution in [2.75, 3.05) is 0 Å². The molecule has 36 heavy (non-hydrogen) atoms. The second kappa shape index (κ2) is 33.7. The topological polar surface area (TPSA) is 0 Å². The van der Waals surface area contributed by atoms with E-state index < -0.39 is 0 Å². The van der Waals surface area contributed by atoms with Crippen molar-refractivity contribution in [3.63, 3.8) is 0 Å². The molecule has 0 saturated heterocycles. The monoisotopic (exact) mass is 497 g/mol. The van der Waals surface area contributed by atoms with Crippen LogP contribution in [0.5, 0.6) is 0 Å². The Morgan fingerprint density at radius 2 is 0.556 bits per heavy atom. The molecule has 0 aliphatic carbocycles. The number of unbranched alkanes of at least 4 members (excludes halogenated alkanes) is 18. The summed E-state index contributed by atoms with van der Waals surface area (Å²) in [7, 11) is 0. The summed E-state index contributed by atoms with van der Waals surface area (Å²) >= 11 is 0. The Morgan fingerprint density at radius 1 is 0.278 bits per heavy atom. The molecule has 0 fully saturated rings. The van der Waals surface area contributed by atoms with E-state index in [-0.39, 0.29) is 0 Å². The molecule has 0 spiro atoms. The van der Waals surface area contributed by atoms with Crippen molar-refractivity contribution < 1.29 is 0 Å². The largest absolute Gasteiger partial charge is 0.0885 e. The van der Waals surface area contributed by atoms with E-state index in [0.717, 1.165) is 25.7 Å². The number of allylic oxidation sites excluding steroid dienone is 10. The van der Waals surface area contributed by atoms with Gasteiger partial charge in [-0.15, -0.1) is 0 Å². The Hall–Kier alpha value is -1.30. The summed E-state index contributed by atoms with van der Waals surface area (Å²) < 4.78 is 0. The molecule has 0 aliphatic heterocycles. The predicted octanol–water partition coefficient (Wildman–Crippen LogP) is 13.2. The molecule has 0 nitrogen and oxygen atoms in total. The first kappa shape index (κ1) is 34.7. The van der Waals surface area contributed by atoms with Gasteiger partial charge in [0.15, 0.2) is 0 Å². The molecular weight excluding hydrogens is 432 g/mol. The number of rotatable bonds is 28. The highest BCUT2D eigenvalue weighted by Gasteiger charge is 1.94. The summed E-state index contributed by atoms with van der Waals surface area (Å²) in [5, 5.41) is 0. The lowest BCUT2D eigenvalue weighted by Gasteiger charge is -2.03. The highest BCUT2D eigenvalue weighted by Crippen LogP contribution is 2.14. The van der Waals surface area contributed by atoms with E-state index in [1.54, 1.807) is 0 Å². The SMILES string of the molecule is CCC=CCC=CCC=CCCCCCCCCCCCCCCCCC=CCC=CCCCCC. The molecule has 0 aromatic carbocycles. The molecule has 0 aliphatic rings. The first-order valence-corrected chi connectivity index (χ1v) is 16.2. The van der Waals surface area contributed by atoms with Crippen LogP contribution in [0, 0.1) is 0 Å². The Morgan fingerprint density at radius 3 is 0.889 bits per heavy atom. The maximum Gasteiger partial charge on any atom is -0.0169 e. The molecule has 0 heteroatoms. The Labute approximate surface area is 228 Å². The fourth-order valence-corrected chi connectivity index (χ4v) is 4.49. The molecule has 0 atom stereocenters. The standard InChI is InChI=1S/C36H64/c1-3-5-7-9-11-13-15-17-19-21-23-25-27-29-31-33-35-36-34-32-30-28-26-24-22-20-18-16-14-12-10-8-6-4-2/h5,7,11-14,17-20H,3-4,6,8-10,15-16,21-36H2,1-2H3. The van der Waals surface area contributed by atoms with Gasteiger partial charge in [-0.1, -0.05) is 164 Å². The first-order valence-electron chi connectivity index (χ1n) is 16.2. The van der Waals surface area contributed by atoms with Gasteiger partial charge in [0.1, 0.15) is 0 Å². The summed E-state index contributed by atoms with van der Waals surface area (Å²) in [6.07, 6.45) is 55.5. The average Bonchev–Trinajstić information content (AvgIpc) is 2.89. The lowest BCUT2D eigenvalue weighted by molar-refractivity contribution is 0.534. The van der Waals surface area contributed by atoms with Gasteiger partial charge in [-0.2, -0.15) is 0 Å². The third kappa shape index (κ3) is 32.7. The van der Waals surface area contributed by atoms with Gasteiger partial charge in [-0.3, -0.25) is 0 Å². The molecule has 0 aromatic heterocycles. The molecule has 0 aromatic rings. The fourth-order valence-electron chi connectivity index (χ4n) is 4.49. The van der Waals surface area contributed by atoms with Gasteiger partial charge in [-0.25, -0.2) is 0 Å². The van der Waals surface area contributed by atoms with E-state index in [4.69, 9.17) is 0 Å². The zero-order valence-electron chi connectivity index (χ0n) is 24.7. The van der Waals surface area contributed by atoms with Crippen molar-refractivity contribution in [2.45, 2.75) is 168 Å². The van der Waals surface area contributed by atoms with Gasteiger partial charge in [0.2, 0.25) is 0 Å². The van der Waals surface area contributed by atoms with Crippen molar-refractivity contribution in [3.8, 4) is 0 Å². The third-order valence-corrected chi connectivity index (χ3v) is 6.85. The van der Waals surface area contributed by atoms with Crippen LogP contribution in [-0.2, 0) is 0 Å². The van der Waals surface area contributed by atoms with E-state index in [2.05, 4.69) is 74.6 Å². The minimum atomic E-state index is 1.08. The summed E-state index contributed by atoms with van der Waals surface area (Å²) in [6, 6.07) is 0. The van der Waals surface area contributed by atoms with Crippen molar-refractivity contribution in [1.82, 2.24) is 0 Å². The zero-order chi connectivity index (χ0) is 26.0. The average molecular weight is 497 g/mol. The molecule has 0 N–H and O–H groups in total. The third-order valence-electron chi connectivity index (χ3n) is 6.85. The molecule has 0 heterocycles. The minimum Gasteiger partial charge on any atom is -0.0885 e. The van der Waals surface area contributed by atoms with Crippen LogP contribution in [0.2, 0.25) is 0 Å². The molecule has 208 valence electrons. The Bertz CT molecular complexity index is 530. The van der Waals surface area contributed by atoms with Crippen molar-refractivity contribution in [2.24, 2.45) is 0 Å². The van der Waals surface area contributed by atoms with Crippen LogP contribution in [-0.4, -0.2) is 0 Å². The van der Waals surface area contributed by atoms with Crippen LogP contribution in [0.4, 0.5) is 0 Å². The maximum absolute atomic E-state index is 2.39. The minimum absolute atomic E-state index is 1.08. The van der Waals surface area contributed by atoms with Crippen molar-refractivity contribution >= 4 is 0 Å². The maximum atomic E-state index is 2.39. The zero-order valence-corrected chi connectivity index (χ0v) is 24.7. The van der Waals surface area contributed by atoms with Crippen LogP contribution in [0.15, 0.2) is 60.8 Å². The van der Waals surface area contributed by atoms with E-state index in [9.17, 15) is 0 Å². The first-order chi connectivity index (χ1) is 17.9. The second-order valence-corrected chi connectivity index (χ2v) is 10.5. The second-order valence-electron chi connectivity index (χ2n) is 10.5. The van der Waals surface area contributed by atoms with Crippen LogP contribution < -0.4 is 0 Å². The molecule has 0 rings (SSSR count). The summed E-state index contributed by atoms with van der Waals surface area (Å²) in [5.41, 5.74) is 0. The van der Waals surface area contributed by atoms with Gasteiger partial charge in [0.05, 0.1) is 0 Å². The lowest BCUT2D eigenvalue weighted by Crippen LogP contribution is -1.83. The normalized spacial score (nSPS) is 12.6. The molecule has 0 unspecified atom stereocenters. The molecule has 0 amide bonds. The summed E-state index contributed by atoms with van der Waals surface area (Å²) in [4.78, 5) is 0. The van der Waals surface area contributed by atoms with E-state index in [1.165, 1.54) is 128 Å². The molecule has 0 radical (unpaired) electrons. The van der Waals surface area contributed by atoms with Crippen molar-refractivity contribution in [1.29, 1.82) is 0 Å². The molecular formula is C36H64. The quantitative estimate of drug-likeness (QED) is 0.0746. The Balaban J connectivity index is 3.18. The van der Waals surface area contributed by atoms with Gasteiger partial charge in [0, 0.05) is 0 Å². The molecule has 0 bridgehead atoms. The number of hydrogen-bond acceptors (Lipinski definition) is 0. The van der Waals surface area contributed by atoms with E-state index in [1.807, 2.05) is 0 Å². The van der Waals surface area contributed by atoms with Gasteiger partial charge in [-0.05, 0) is 64.2 Å². The van der Waals surface area contributed by atoms with Crippen LogP contribution in [0.25, 0.3) is 0 Å². The van der Waals surface area contributed by atoms with Crippen molar-refractivity contribution in [3.05, 3.63) is 60.8 Å². The van der Waals surface area contributed by atoms with Gasteiger partial charge in [0.25, 0.3) is 0 Å². The fraction of sp³-hybridized carbons (Fsp3) is 0.722.